The summed E-state index contributed by atoms with van der Waals surface area (Å²) in [5.74, 6) is 0.505. The molecule has 0 unspecified atom stereocenters. The monoisotopic (exact) mass is 253 g/mol. The average Bonchev–Trinajstić information content (AvgIpc) is 2.26. The Morgan fingerprint density at radius 2 is 1.89 bits per heavy atom. The molecule has 0 atom stereocenters. The molecule has 0 spiro atoms. The second-order valence-electron chi connectivity index (χ2n) is 4.57. The van der Waals surface area contributed by atoms with Crippen LogP contribution in [0.1, 0.15) is 33.3 Å². The molecule has 0 saturated carbocycles. The molecule has 0 saturated heterocycles. The highest BCUT2D eigenvalue weighted by molar-refractivity contribution is 5.45. The number of ether oxygens (including phenoxy) is 2. The smallest absolute Gasteiger partial charge is 0.278 e. The number of benzene rings is 1. The highest BCUT2D eigenvalue weighted by Gasteiger charge is 2.16. The standard InChI is InChI=1S/C13H19NO4/c1-9(2)17-8-11-5-6-12(18-10(3)4)7-13(11)14(15)16/h5-7,9-10H,8H2,1-4H3. The lowest BCUT2D eigenvalue weighted by atomic mass is 10.2. The van der Waals surface area contributed by atoms with Crippen LogP contribution in [0.5, 0.6) is 5.75 Å². The van der Waals surface area contributed by atoms with Crippen LogP contribution >= 0.6 is 0 Å². The Hall–Kier alpha value is -1.62. The predicted molar refractivity (Wildman–Crippen MR) is 68.8 cm³/mol. The average molecular weight is 253 g/mol. The van der Waals surface area contributed by atoms with E-state index in [2.05, 4.69) is 0 Å². The molecule has 0 aliphatic rings. The summed E-state index contributed by atoms with van der Waals surface area (Å²) in [6, 6.07) is 4.85. The maximum atomic E-state index is 11.0. The fourth-order valence-corrected chi connectivity index (χ4v) is 1.44. The van der Waals surface area contributed by atoms with Crippen molar-refractivity contribution in [3.05, 3.63) is 33.9 Å². The van der Waals surface area contributed by atoms with Gasteiger partial charge in [0.1, 0.15) is 5.75 Å². The van der Waals surface area contributed by atoms with Crippen molar-refractivity contribution in [1.29, 1.82) is 0 Å². The van der Waals surface area contributed by atoms with Crippen molar-refractivity contribution >= 4 is 5.69 Å². The fraction of sp³-hybridized carbons (Fsp3) is 0.538. The van der Waals surface area contributed by atoms with E-state index in [-0.39, 0.29) is 24.5 Å². The predicted octanol–water partition coefficient (Wildman–Crippen LogP) is 3.31. The van der Waals surface area contributed by atoms with Gasteiger partial charge in [0.2, 0.25) is 0 Å². The highest BCUT2D eigenvalue weighted by Crippen LogP contribution is 2.26. The van der Waals surface area contributed by atoms with E-state index in [0.29, 0.717) is 11.3 Å². The van der Waals surface area contributed by atoms with Gasteiger partial charge in [-0.15, -0.1) is 0 Å². The van der Waals surface area contributed by atoms with Crippen LogP contribution in [0.25, 0.3) is 0 Å². The third kappa shape index (κ3) is 4.33. The summed E-state index contributed by atoms with van der Waals surface area (Å²) in [5.41, 5.74) is 0.596. The van der Waals surface area contributed by atoms with E-state index in [4.69, 9.17) is 9.47 Å². The zero-order valence-electron chi connectivity index (χ0n) is 11.2. The van der Waals surface area contributed by atoms with Crippen LogP contribution in [-0.2, 0) is 11.3 Å². The van der Waals surface area contributed by atoms with Crippen molar-refractivity contribution in [3.63, 3.8) is 0 Å². The van der Waals surface area contributed by atoms with Crippen LogP contribution in [0.15, 0.2) is 18.2 Å². The third-order valence-electron chi connectivity index (χ3n) is 2.20. The Morgan fingerprint density at radius 1 is 1.22 bits per heavy atom. The van der Waals surface area contributed by atoms with E-state index < -0.39 is 4.92 Å². The lowest BCUT2D eigenvalue weighted by Crippen LogP contribution is -2.07. The Bertz CT molecular complexity index is 415. The highest BCUT2D eigenvalue weighted by atomic mass is 16.6. The van der Waals surface area contributed by atoms with Gasteiger partial charge < -0.3 is 9.47 Å². The molecule has 0 heterocycles. The number of nitro benzene ring substituents is 1. The normalized spacial score (nSPS) is 11.0. The van der Waals surface area contributed by atoms with Crippen molar-refractivity contribution in [3.8, 4) is 5.75 Å². The van der Waals surface area contributed by atoms with Crippen LogP contribution < -0.4 is 4.74 Å². The van der Waals surface area contributed by atoms with Gasteiger partial charge in [0.15, 0.2) is 0 Å². The number of nitro groups is 1. The Balaban J connectivity index is 2.93. The molecule has 1 aromatic rings. The Morgan fingerprint density at radius 3 is 2.39 bits per heavy atom. The minimum absolute atomic E-state index is 0.0117. The van der Waals surface area contributed by atoms with E-state index in [1.54, 1.807) is 12.1 Å². The van der Waals surface area contributed by atoms with E-state index in [0.717, 1.165) is 0 Å². The molecule has 5 nitrogen and oxygen atoms in total. The molecule has 0 N–H and O–H groups in total. The van der Waals surface area contributed by atoms with Crippen LogP contribution in [0.4, 0.5) is 5.69 Å². The molecule has 0 aromatic heterocycles. The van der Waals surface area contributed by atoms with E-state index in [9.17, 15) is 10.1 Å². The topological polar surface area (TPSA) is 61.6 Å². The SMILES string of the molecule is CC(C)OCc1ccc(OC(C)C)cc1[N+](=O)[O-]. The molecule has 1 aromatic carbocycles. The summed E-state index contributed by atoms with van der Waals surface area (Å²) in [7, 11) is 0. The molecule has 0 fully saturated rings. The Kier molecular flexibility index (Phi) is 5.09. The van der Waals surface area contributed by atoms with Crippen LogP contribution in [0.3, 0.4) is 0 Å². The molecular formula is C13H19NO4. The van der Waals surface area contributed by atoms with Gasteiger partial charge >= 0.3 is 0 Å². The summed E-state index contributed by atoms with van der Waals surface area (Å²) in [6.07, 6.45) is 0.0264. The third-order valence-corrected chi connectivity index (χ3v) is 2.20. The summed E-state index contributed by atoms with van der Waals surface area (Å²) in [4.78, 5) is 10.6. The molecule has 1 rings (SSSR count). The van der Waals surface area contributed by atoms with Crippen molar-refractivity contribution < 1.29 is 14.4 Å². The first-order valence-corrected chi connectivity index (χ1v) is 5.95. The van der Waals surface area contributed by atoms with Crippen molar-refractivity contribution in [1.82, 2.24) is 0 Å². The van der Waals surface area contributed by atoms with E-state index >= 15 is 0 Å². The fourth-order valence-electron chi connectivity index (χ4n) is 1.44. The van der Waals surface area contributed by atoms with Gasteiger partial charge in [0, 0.05) is 0 Å². The zero-order valence-corrected chi connectivity index (χ0v) is 11.2. The van der Waals surface area contributed by atoms with Crippen LogP contribution in [0, 0.1) is 10.1 Å². The van der Waals surface area contributed by atoms with E-state index in [1.165, 1.54) is 6.07 Å². The summed E-state index contributed by atoms with van der Waals surface area (Å²) in [6.45, 7) is 7.77. The number of hydrogen-bond donors (Lipinski definition) is 0. The molecular weight excluding hydrogens is 234 g/mol. The first-order valence-electron chi connectivity index (χ1n) is 5.95. The van der Waals surface area contributed by atoms with Gasteiger partial charge in [-0.1, -0.05) is 0 Å². The number of hydrogen-bond acceptors (Lipinski definition) is 4. The summed E-state index contributed by atoms with van der Waals surface area (Å²) >= 11 is 0. The number of rotatable bonds is 6. The molecule has 0 bridgehead atoms. The molecule has 5 heteroatoms. The second kappa shape index (κ2) is 6.35. The van der Waals surface area contributed by atoms with Gasteiger partial charge in [-0.3, -0.25) is 10.1 Å². The first-order chi connectivity index (χ1) is 8.40. The second-order valence-corrected chi connectivity index (χ2v) is 4.57. The molecule has 0 amide bonds. The van der Waals surface area contributed by atoms with Gasteiger partial charge in [-0.05, 0) is 39.8 Å². The lowest BCUT2D eigenvalue weighted by molar-refractivity contribution is -0.386. The molecule has 100 valence electrons. The van der Waals surface area contributed by atoms with Crippen LogP contribution in [-0.4, -0.2) is 17.1 Å². The van der Waals surface area contributed by atoms with Gasteiger partial charge in [0.25, 0.3) is 5.69 Å². The first kappa shape index (κ1) is 14.4. The number of nitrogens with zero attached hydrogens (tertiary/aromatic N) is 1. The van der Waals surface area contributed by atoms with Gasteiger partial charge in [0.05, 0.1) is 35.4 Å². The quantitative estimate of drug-likeness (QED) is 0.576. The van der Waals surface area contributed by atoms with E-state index in [1.807, 2.05) is 27.7 Å². The van der Waals surface area contributed by atoms with Crippen LogP contribution in [0.2, 0.25) is 0 Å². The summed E-state index contributed by atoms with van der Waals surface area (Å²) in [5, 5.41) is 11.0. The molecule has 18 heavy (non-hydrogen) atoms. The minimum atomic E-state index is -0.411. The van der Waals surface area contributed by atoms with Crippen molar-refractivity contribution in [2.45, 2.75) is 46.5 Å². The molecule has 0 aliphatic heterocycles. The maximum absolute atomic E-state index is 11.0. The molecule has 0 radical (unpaired) electrons. The van der Waals surface area contributed by atoms with Gasteiger partial charge in [-0.25, -0.2) is 0 Å². The zero-order chi connectivity index (χ0) is 13.7. The molecule has 0 aliphatic carbocycles. The maximum Gasteiger partial charge on any atom is 0.278 e. The van der Waals surface area contributed by atoms with Gasteiger partial charge in [-0.2, -0.15) is 0 Å². The Labute approximate surface area is 107 Å². The van der Waals surface area contributed by atoms with Crippen molar-refractivity contribution in [2.24, 2.45) is 0 Å². The van der Waals surface area contributed by atoms with Crippen molar-refractivity contribution in [2.75, 3.05) is 0 Å². The largest absolute Gasteiger partial charge is 0.491 e. The minimum Gasteiger partial charge on any atom is -0.491 e. The summed E-state index contributed by atoms with van der Waals surface area (Å²) < 4.78 is 10.8. The lowest BCUT2D eigenvalue weighted by Gasteiger charge is -2.12.